The van der Waals surface area contributed by atoms with Crippen LogP contribution < -0.4 is 10.1 Å². The molecule has 168 valence electrons. The van der Waals surface area contributed by atoms with Gasteiger partial charge in [-0.3, -0.25) is 4.79 Å². The molecule has 10 heteroatoms. The highest BCUT2D eigenvalue weighted by molar-refractivity contribution is 5.73. The van der Waals surface area contributed by atoms with Crippen molar-refractivity contribution < 1.29 is 37.7 Å². The van der Waals surface area contributed by atoms with E-state index in [1.807, 2.05) is 49.5 Å². The first kappa shape index (κ1) is 24.0. The molecule has 0 radical (unpaired) electrons. The second kappa shape index (κ2) is 10.6. The number of nitrogens with one attached hydrogen (secondary N) is 1. The minimum atomic E-state index is -5.08. The lowest BCUT2D eigenvalue weighted by atomic mass is 10.1. The predicted molar refractivity (Wildman–Crippen MR) is 106 cm³/mol. The first-order chi connectivity index (χ1) is 14.6. The number of rotatable bonds is 8. The zero-order valence-corrected chi connectivity index (χ0v) is 16.7. The van der Waals surface area contributed by atoms with Crippen LogP contribution in [0.2, 0.25) is 0 Å². The van der Waals surface area contributed by atoms with Gasteiger partial charge in [-0.1, -0.05) is 18.2 Å². The molecule has 2 unspecified atom stereocenters. The molecule has 7 nitrogen and oxygen atoms in total. The molecule has 2 atom stereocenters. The number of alkyl halides is 3. The molecule has 1 saturated carbocycles. The molecule has 0 amide bonds. The van der Waals surface area contributed by atoms with E-state index < -0.39 is 18.1 Å². The quantitative estimate of drug-likeness (QED) is 0.570. The molecule has 0 saturated heterocycles. The lowest BCUT2D eigenvalue weighted by Crippen LogP contribution is -2.21. The Labute approximate surface area is 176 Å². The van der Waals surface area contributed by atoms with Gasteiger partial charge >= 0.3 is 18.1 Å². The zero-order valence-electron chi connectivity index (χ0n) is 16.7. The van der Waals surface area contributed by atoms with E-state index in [4.69, 9.17) is 19.7 Å². The van der Waals surface area contributed by atoms with Gasteiger partial charge in [0.25, 0.3) is 0 Å². The van der Waals surface area contributed by atoms with Gasteiger partial charge < -0.3 is 20.3 Å². The number of pyridine rings is 1. The van der Waals surface area contributed by atoms with E-state index in [1.165, 1.54) is 5.56 Å². The fourth-order valence-electron chi connectivity index (χ4n) is 2.95. The van der Waals surface area contributed by atoms with E-state index in [0.29, 0.717) is 18.4 Å². The molecule has 0 bridgehead atoms. The molecular formula is C21H23F3N2O5. The Morgan fingerprint density at radius 1 is 1.16 bits per heavy atom. The minimum absolute atomic E-state index is 0.265. The normalized spacial score (nSPS) is 17.2. The maximum absolute atomic E-state index is 10.7. The van der Waals surface area contributed by atoms with Gasteiger partial charge in [-0.2, -0.15) is 13.2 Å². The first-order valence-electron chi connectivity index (χ1n) is 9.48. The molecule has 3 rings (SSSR count). The average molecular weight is 440 g/mol. The highest BCUT2D eigenvalue weighted by atomic mass is 19.4. The van der Waals surface area contributed by atoms with Crippen LogP contribution in [-0.4, -0.2) is 47.0 Å². The monoisotopic (exact) mass is 440 g/mol. The number of hydrogen-bond donors (Lipinski definition) is 3. The van der Waals surface area contributed by atoms with E-state index in [0.717, 1.165) is 30.1 Å². The van der Waals surface area contributed by atoms with Crippen molar-refractivity contribution in [1.82, 2.24) is 4.98 Å². The lowest BCUT2D eigenvalue weighted by Gasteiger charge is -2.08. The van der Waals surface area contributed by atoms with Crippen LogP contribution >= 0.6 is 0 Å². The summed E-state index contributed by atoms with van der Waals surface area (Å²) in [5, 5.41) is 19.0. The van der Waals surface area contributed by atoms with Crippen LogP contribution in [0.25, 0.3) is 0 Å². The van der Waals surface area contributed by atoms with Crippen molar-refractivity contribution in [3.63, 3.8) is 0 Å². The molecule has 3 N–H and O–H groups in total. The van der Waals surface area contributed by atoms with Gasteiger partial charge in [0.05, 0.1) is 6.61 Å². The summed E-state index contributed by atoms with van der Waals surface area (Å²) in [7, 11) is 1.85. The number of nitrogens with zero attached hydrogens (tertiary/aromatic N) is 1. The summed E-state index contributed by atoms with van der Waals surface area (Å²) < 4.78 is 37.5. The van der Waals surface area contributed by atoms with Crippen molar-refractivity contribution in [1.29, 1.82) is 0 Å². The molecule has 0 spiro atoms. The third-order valence-corrected chi connectivity index (χ3v) is 4.60. The smallest absolute Gasteiger partial charge is 0.490 e. The lowest BCUT2D eigenvalue weighted by molar-refractivity contribution is -0.192. The van der Waals surface area contributed by atoms with Gasteiger partial charge in [0.1, 0.15) is 11.6 Å². The van der Waals surface area contributed by atoms with E-state index in [-0.39, 0.29) is 6.42 Å². The molecule has 1 aliphatic rings. The SMILES string of the molecule is CNc1cccc(CCOc2ccc(C3CC3CC(=O)O)cc2)n1.O=C(O)C(F)(F)F. The third-order valence-electron chi connectivity index (χ3n) is 4.60. The summed E-state index contributed by atoms with van der Waals surface area (Å²) in [5.41, 5.74) is 2.20. The van der Waals surface area contributed by atoms with E-state index >= 15 is 0 Å². The number of ether oxygens (including phenoxy) is 1. The molecule has 0 aliphatic heterocycles. The Balaban J connectivity index is 0.000000423. The first-order valence-corrected chi connectivity index (χ1v) is 9.48. The number of carboxylic acid groups (broad SMARTS) is 2. The Kier molecular flexibility index (Phi) is 8.23. The van der Waals surface area contributed by atoms with Crippen LogP contribution in [0.3, 0.4) is 0 Å². The van der Waals surface area contributed by atoms with E-state index in [1.54, 1.807) is 0 Å². The molecule has 31 heavy (non-hydrogen) atoms. The number of halogens is 3. The summed E-state index contributed by atoms with van der Waals surface area (Å²) in [6.45, 7) is 0.574. The third kappa shape index (κ3) is 8.15. The number of carboxylic acids is 2. The van der Waals surface area contributed by atoms with Crippen molar-refractivity contribution in [2.75, 3.05) is 19.0 Å². The highest BCUT2D eigenvalue weighted by Gasteiger charge is 2.39. The van der Waals surface area contributed by atoms with Crippen LogP contribution in [0.1, 0.15) is 30.0 Å². The number of aromatic nitrogens is 1. The minimum Gasteiger partial charge on any atom is -0.493 e. The second-order valence-electron chi connectivity index (χ2n) is 6.93. The van der Waals surface area contributed by atoms with Crippen molar-refractivity contribution in [3.8, 4) is 5.75 Å². The van der Waals surface area contributed by atoms with Gasteiger partial charge in [0.2, 0.25) is 0 Å². The van der Waals surface area contributed by atoms with Crippen LogP contribution in [0.5, 0.6) is 5.75 Å². The number of anilines is 1. The predicted octanol–water partition coefficient (Wildman–Crippen LogP) is 3.96. The van der Waals surface area contributed by atoms with E-state index in [9.17, 15) is 18.0 Å². The van der Waals surface area contributed by atoms with Gasteiger partial charge in [-0.25, -0.2) is 9.78 Å². The standard InChI is InChI=1S/C19H22N2O3.C2HF3O2/c1-20-18-4-2-3-15(21-18)9-10-24-16-7-5-13(6-8-16)17-11-14(17)12-19(22)23;3-2(4,5)1(6)7/h2-8,14,17H,9-12H2,1H3,(H,20,21)(H,22,23);(H,6,7). The number of hydrogen-bond acceptors (Lipinski definition) is 5. The van der Waals surface area contributed by atoms with Crippen LogP contribution in [0.4, 0.5) is 19.0 Å². The molecule has 1 aromatic carbocycles. The fraction of sp³-hybridized carbons (Fsp3) is 0.381. The molecular weight excluding hydrogens is 417 g/mol. The molecule has 1 aromatic heterocycles. The zero-order chi connectivity index (χ0) is 23.0. The van der Waals surface area contributed by atoms with Crippen molar-refractivity contribution in [3.05, 3.63) is 53.7 Å². The molecule has 1 aliphatic carbocycles. The van der Waals surface area contributed by atoms with Gasteiger partial charge in [-0.05, 0) is 48.1 Å². The Bertz CT molecular complexity index is 887. The molecule has 2 aromatic rings. The molecule has 1 fully saturated rings. The van der Waals surface area contributed by atoms with Crippen molar-refractivity contribution in [2.24, 2.45) is 5.92 Å². The van der Waals surface area contributed by atoms with Crippen LogP contribution in [0, 0.1) is 5.92 Å². The average Bonchev–Trinajstić information content (AvgIpc) is 3.46. The van der Waals surface area contributed by atoms with Crippen LogP contribution in [0.15, 0.2) is 42.5 Å². The number of carbonyl (C=O) groups is 2. The van der Waals surface area contributed by atoms with Crippen molar-refractivity contribution >= 4 is 17.8 Å². The Hall–Kier alpha value is -3.30. The maximum Gasteiger partial charge on any atom is 0.490 e. The van der Waals surface area contributed by atoms with E-state index in [2.05, 4.69) is 10.3 Å². The Morgan fingerprint density at radius 3 is 2.35 bits per heavy atom. The second-order valence-corrected chi connectivity index (χ2v) is 6.93. The summed E-state index contributed by atoms with van der Waals surface area (Å²) in [6, 6.07) is 13.9. The summed E-state index contributed by atoms with van der Waals surface area (Å²) >= 11 is 0. The highest BCUT2D eigenvalue weighted by Crippen LogP contribution is 2.49. The Morgan fingerprint density at radius 2 is 1.81 bits per heavy atom. The summed E-state index contributed by atoms with van der Waals surface area (Å²) in [4.78, 5) is 24.1. The van der Waals surface area contributed by atoms with Gasteiger partial charge in [0.15, 0.2) is 0 Å². The van der Waals surface area contributed by atoms with Crippen LogP contribution in [-0.2, 0) is 16.0 Å². The number of benzene rings is 1. The largest absolute Gasteiger partial charge is 0.493 e. The summed E-state index contributed by atoms with van der Waals surface area (Å²) in [5.74, 6) is -1.09. The summed E-state index contributed by atoms with van der Waals surface area (Å²) in [6.07, 6.45) is -3.10. The number of aliphatic carboxylic acids is 2. The van der Waals surface area contributed by atoms with Gasteiger partial charge in [0, 0.05) is 25.6 Å². The fourth-order valence-corrected chi connectivity index (χ4v) is 2.95. The van der Waals surface area contributed by atoms with Gasteiger partial charge in [-0.15, -0.1) is 0 Å². The van der Waals surface area contributed by atoms with Crippen molar-refractivity contribution in [2.45, 2.75) is 31.4 Å². The molecule has 1 heterocycles. The topological polar surface area (TPSA) is 109 Å². The maximum atomic E-state index is 10.7.